The van der Waals surface area contributed by atoms with Gasteiger partial charge in [-0.15, -0.1) is 0 Å². The molecular formula is C25H27F3N2O4. The minimum Gasteiger partial charge on any atom is -0.462 e. The first-order valence-electron chi connectivity index (χ1n) is 11.0. The number of nitrogens with two attached hydrogens (primary N) is 2. The highest BCUT2D eigenvalue weighted by Gasteiger charge is 2.42. The van der Waals surface area contributed by atoms with Crippen LogP contribution >= 0.6 is 0 Å². The molecule has 0 spiro atoms. The van der Waals surface area contributed by atoms with E-state index in [-0.39, 0.29) is 32.3 Å². The number of esters is 2. The van der Waals surface area contributed by atoms with Gasteiger partial charge in [-0.05, 0) is 73.2 Å². The van der Waals surface area contributed by atoms with E-state index in [9.17, 15) is 22.8 Å². The molecule has 0 atom stereocenters. The second-order valence-corrected chi connectivity index (χ2v) is 8.29. The first-order chi connectivity index (χ1) is 16.1. The van der Waals surface area contributed by atoms with Gasteiger partial charge in [0.05, 0.1) is 18.4 Å². The van der Waals surface area contributed by atoms with E-state index in [2.05, 4.69) is 0 Å². The Morgan fingerprint density at radius 2 is 1.68 bits per heavy atom. The van der Waals surface area contributed by atoms with Crippen LogP contribution in [0.1, 0.15) is 36.8 Å². The first kappa shape index (κ1) is 25.1. The van der Waals surface area contributed by atoms with Crippen molar-refractivity contribution in [3.8, 4) is 5.75 Å². The number of carbonyl (C=O) groups excluding carboxylic acids is 2. The molecule has 6 nitrogen and oxygen atoms in total. The standard InChI is InChI=1S/C25H27F3N2O4/c26-25(27,28)19-6-4-17(5-7-19)24(32)34-21-9-1-16(2-10-21)3-12-23(31)33-14-13-18-15-20(29)8-11-22(18)30/h1-3,8-12,15,17,19H,4-7,13-14,29-30H2/b12-3+. The zero-order valence-corrected chi connectivity index (χ0v) is 18.5. The molecule has 3 rings (SSSR count). The Kier molecular flexibility index (Phi) is 8.20. The summed E-state index contributed by atoms with van der Waals surface area (Å²) in [7, 11) is 0. The molecule has 0 heterocycles. The Balaban J connectivity index is 1.43. The molecule has 1 aliphatic rings. The molecular weight excluding hydrogens is 449 g/mol. The summed E-state index contributed by atoms with van der Waals surface area (Å²) in [6.07, 6.45) is -0.730. The zero-order chi connectivity index (χ0) is 24.7. The lowest BCUT2D eigenvalue weighted by molar-refractivity contribution is -0.185. The number of hydrogen-bond acceptors (Lipinski definition) is 6. The van der Waals surface area contributed by atoms with Crippen molar-refractivity contribution in [3.05, 3.63) is 59.7 Å². The third kappa shape index (κ3) is 7.26. The van der Waals surface area contributed by atoms with Gasteiger partial charge >= 0.3 is 18.1 Å². The van der Waals surface area contributed by atoms with Crippen LogP contribution < -0.4 is 16.2 Å². The molecule has 0 bridgehead atoms. The second kappa shape index (κ2) is 11.1. The van der Waals surface area contributed by atoms with Gasteiger partial charge in [-0.2, -0.15) is 13.2 Å². The molecule has 0 amide bonds. The maximum atomic E-state index is 12.8. The van der Waals surface area contributed by atoms with Crippen molar-refractivity contribution in [1.82, 2.24) is 0 Å². The Morgan fingerprint density at radius 3 is 2.32 bits per heavy atom. The number of ether oxygens (including phenoxy) is 2. The van der Waals surface area contributed by atoms with Gasteiger partial charge in [0.1, 0.15) is 5.75 Å². The van der Waals surface area contributed by atoms with Crippen LogP contribution in [0.15, 0.2) is 48.5 Å². The fourth-order valence-electron chi connectivity index (χ4n) is 3.82. The highest BCUT2D eigenvalue weighted by Crippen LogP contribution is 2.39. The van der Waals surface area contributed by atoms with Gasteiger partial charge in [0, 0.05) is 23.9 Å². The third-order valence-electron chi connectivity index (χ3n) is 5.82. The molecule has 4 N–H and O–H groups in total. The van der Waals surface area contributed by atoms with E-state index in [0.717, 1.165) is 5.56 Å². The van der Waals surface area contributed by atoms with Crippen LogP contribution in [0.5, 0.6) is 5.75 Å². The highest BCUT2D eigenvalue weighted by atomic mass is 19.4. The quantitative estimate of drug-likeness (QED) is 0.254. The van der Waals surface area contributed by atoms with Gasteiger partial charge in [-0.1, -0.05) is 12.1 Å². The molecule has 1 saturated carbocycles. The fraction of sp³-hybridized carbons (Fsp3) is 0.360. The normalized spacial score (nSPS) is 18.6. The molecule has 182 valence electrons. The molecule has 0 aliphatic heterocycles. The van der Waals surface area contributed by atoms with Crippen molar-refractivity contribution < 1.29 is 32.2 Å². The molecule has 34 heavy (non-hydrogen) atoms. The summed E-state index contributed by atoms with van der Waals surface area (Å²) in [6, 6.07) is 11.6. The summed E-state index contributed by atoms with van der Waals surface area (Å²) >= 11 is 0. The van der Waals surface area contributed by atoms with Crippen molar-refractivity contribution in [1.29, 1.82) is 0 Å². The summed E-state index contributed by atoms with van der Waals surface area (Å²) < 4.78 is 48.8. The van der Waals surface area contributed by atoms with Gasteiger partial charge in [0.25, 0.3) is 0 Å². The van der Waals surface area contributed by atoms with Gasteiger partial charge in [0.2, 0.25) is 0 Å². The maximum absolute atomic E-state index is 12.8. The predicted molar refractivity (Wildman–Crippen MR) is 123 cm³/mol. The van der Waals surface area contributed by atoms with Crippen molar-refractivity contribution >= 4 is 29.4 Å². The average Bonchev–Trinajstić information content (AvgIpc) is 2.80. The minimum absolute atomic E-state index is 0.0596. The van der Waals surface area contributed by atoms with E-state index in [1.165, 1.54) is 6.08 Å². The summed E-state index contributed by atoms with van der Waals surface area (Å²) in [4.78, 5) is 24.2. The summed E-state index contributed by atoms with van der Waals surface area (Å²) in [5, 5.41) is 0. The molecule has 2 aromatic carbocycles. The number of rotatable bonds is 7. The topological polar surface area (TPSA) is 105 Å². The van der Waals surface area contributed by atoms with Crippen molar-refractivity contribution in [2.24, 2.45) is 11.8 Å². The zero-order valence-electron chi connectivity index (χ0n) is 18.5. The van der Waals surface area contributed by atoms with E-state index in [1.807, 2.05) is 0 Å². The fourth-order valence-corrected chi connectivity index (χ4v) is 3.82. The molecule has 2 aromatic rings. The lowest BCUT2D eigenvalue weighted by atomic mass is 9.82. The summed E-state index contributed by atoms with van der Waals surface area (Å²) in [5.74, 6) is -2.62. The first-order valence-corrected chi connectivity index (χ1v) is 11.0. The summed E-state index contributed by atoms with van der Waals surface area (Å²) in [5.41, 5.74) is 14.2. The van der Waals surface area contributed by atoms with E-state index >= 15 is 0 Å². The van der Waals surface area contributed by atoms with Crippen LogP contribution in [0.4, 0.5) is 24.5 Å². The van der Waals surface area contributed by atoms with Gasteiger partial charge in [-0.25, -0.2) is 4.79 Å². The van der Waals surface area contributed by atoms with E-state index in [0.29, 0.717) is 29.1 Å². The number of carbonyl (C=O) groups is 2. The van der Waals surface area contributed by atoms with Gasteiger partial charge in [-0.3, -0.25) is 4.79 Å². The molecule has 1 fully saturated rings. The number of alkyl halides is 3. The molecule has 9 heteroatoms. The molecule has 0 radical (unpaired) electrons. The number of nitrogen functional groups attached to an aromatic ring is 2. The van der Waals surface area contributed by atoms with Crippen LogP contribution in [0.3, 0.4) is 0 Å². The van der Waals surface area contributed by atoms with Crippen LogP contribution in [-0.2, 0) is 20.7 Å². The predicted octanol–water partition coefficient (Wildman–Crippen LogP) is 4.92. The largest absolute Gasteiger partial charge is 0.462 e. The van der Waals surface area contributed by atoms with Crippen LogP contribution in [0, 0.1) is 11.8 Å². The third-order valence-corrected chi connectivity index (χ3v) is 5.82. The Bertz CT molecular complexity index is 1030. The summed E-state index contributed by atoms with van der Waals surface area (Å²) in [6.45, 7) is 0.149. The van der Waals surface area contributed by atoms with Crippen LogP contribution in [0.25, 0.3) is 6.08 Å². The Labute approximate surface area is 195 Å². The molecule has 0 aromatic heterocycles. The van der Waals surface area contributed by atoms with Crippen molar-refractivity contribution in [3.63, 3.8) is 0 Å². The van der Waals surface area contributed by atoms with E-state index in [1.54, 1.807) is 48.5 Å². The maximum Gasteiger partial charge on any atom is 0.391 e. The number of benzene rings is 2. The molecule has 0 saturated heterocycles. The van der Waals surface area contributed by atoms with Gasteiger partial charge in [0.15, 0.2) is 0 Å². The second-order valence-electron chi connectivity index (χ2n) is 8.29. The van der Waals surface area contributed by atoms with Crippen molar-refractivity contribution in [2.75, 3.05) is 18.1 Å². The monoisotopic (exact) mass is 476 g/mol. The SMILES string of the molecule is Nc1ccc(N)c(CCOC(=O)/C=C/c2ccc(OC(=O)C3CCC(C(F)(F)F)CC3)cc2)c1. The Hall–Kier alpha value is -3.49. The van der Waals surface area contributed by atoms with Crippen LogP contribution in [0.2, 0.25) is 0 Å². The van der Waals surface area contributed by atoms with Crippen molar-refractivity contribution in [2.45, 2.75) is 38.3 Å². The number of halogens is 3. The lowest BCUT2D eigenvalue weighted by Crippen LogP contribution is -2.31. The Morgan fingerprint density at radius 1 is 1.00 bits per heavy atom. The lowest BCUT2D eigenvalue weighted by Gasteiger charge is -2.28. The highest BCUT2D eigenvalue weighted by molar-refractivity contribution is 5.87. The minimum atomic E-state index is -4.21. The van der Waals surface area contributed by atoms with E-state index in [4.69, 9.17) is 20.9 Å². The number of anilines is 2. The van der Waals surface area contributed by atoms with E-state index < -0.39 is 30.0 Å². The number of hydrogen-bond donors (Lipinski definition) is 2. The van der Waals surface area contributed by atoms with Crippen LogP contribution in [-0.4, -0.2) is 24.7 Å². The smallest absolute Gasteiger partial charge is 0.391 e. The molecule has 1 aliphatic carbocycles. The van der Waals surface area contributed by atoms with Gasteiger partial charge < -0.3 is 20.9 Å². The molecule has 0 unspecified atom stereocenters. The average molecular weight is 476 g/mol.